The first kappa shape index (κ1) is 18.1. The van der Waals surface area contributed by atoms with Crippen LogP contribution >= 0.6 is 11.8 Å². The first-order valence-corrected chi connectivity index (χ1v) is 9.19. The van der Waals surface area contributed by atoms with E-state index in [4.69, 9.17) is 0 Å². The highest BCUT2D eigenvalue weighted by Gasteiger charge is 2.28. The van der Waals surface area contributed by atoms with Crippen LogP contribution in [0.4, 0.5) is 5.69 Å². The number of nitrogens with one attached hydrogen (secondary N) is 1. The van der Waals surface area contributed by atoms with E-state index < -0.39 is 5.25 Å². The maximum absolute atomic E-state index is 13.0. The number of hydrogen-bond acceptors (Lipinski definition) is 5. The highest BCUT2D eigenvalue weighted by atomic mass is 32.2. The third-order valence-corrected chi connectivity index (χ3v) is 4.87. The molecule has 0 aliphatic rings. The first-order chi connectivity index (χ1) is 12.4. The van der Waals surface area contributed by atoms with E-state index in [-0.39, 0.29) is 11.4 Å². The van der Waals surface area contributed by atoms with Crippen molar-refractivity contribution < 1.29 is 4.79 Å². The van der Waals surface area contributed by atoms with Gasteiger partial charge in [-0.05, 0) is 48.9 Å². The predicted octanol–water partition coefficient (Wildman–Crippen LogP) is 3.90. The average molecular weight is 367 g/mol. The molecule has 1 aromatic heterocycles. The molecule has 3 rings (SSSR count). The standard InChI is InChI=1S/C19H21N5OS/c1-19(2,3)24-18(21-22-23-24)26-16(14-10-6-4-7-11-14)17(25)20-15-12-8-5-9-13-15/h4-13,16H,1-3H3,(H,20,25). The van der Waals surface area contributed by atoms with E-state index in [0.717, 1.165) is 11.3 Å². The largest absolute Gasteiger partial charge is 0.325 e. The maximum Gasteiger partial charge on any atom is 0.242 e. The number of para-hydroxylation sites is 1. The molecule has 0 fully saturated rings. The van der Waals surface area contributed by atoms with Crippen molar-refractivity contribution in [1.29, 1.82) is 0 Å². The topological polar surface area (TPSA) is 72.7 Å². The van der Waals surface area contributed by atoms with Gasteiger partial charge in [-0.15, -0.1) is 5.10 Å². The Morgan fingerprint density at radius 1 is 1.04 bits per heavy atom. The van der Waals surface area contributed by atoms with Gasteiger partial charge in [0, 0.05) is 5.69 Å². The quantitative estimate of drug-likeness (QED) is 0.693. The minimum absolute atomic E-state index is 0.115. The van der Waals surface area contributed by atoms with Crippen LogP contribution in [0, 0.1) is 0 Å². The van der Waals surface area contributed by atoms with Crippen molar-refractivity contribution in [1.82, 2.24) is 20.2 Å². The zero-order valence-corrected chi connectivity index (χ0v) is 15.8. The number of benzene rings is 2. The molecule has 3 aromatic rings. The summed E-state index contributed by atoms with van der Waals surface area (Å²) in [6.45, 7) is 6.07. The van der Waals surface area contributed by atoms with Gasteiger partial charge in [0.25, 0.3) is 0 Å². The Hall–Kier alpha value is -2.67. The van der Waals surface area contributed by atoms with Crippen LogP contribution < -0.4 is 5.32 Å². The van der Waals surface area contributed by atoms with Crippen LogP contribution in [0.2, 0.25) is 0 Å². The summed E-state index contributed by atoms with van der Waals surface area (Å²) in [6, 6.07) is 19.1. The highest BCUT2D eigenvalue weighted by Crippen LogP contribution is 2.36. The van der Waals surface area contributed by atoms with Crippen LogP contribution in [0.1, 0.15) is 31.6 Å². The molecule has 0 bridgehead atoms. The van der Waals surface area contributed by atoms with Gasteiger partial charge in [-0.2, -0.15) is 0 Å². The van der Waals surface area contributed by atoms with Crippen molar-refractivity contribution in [3.8, 4) is 0 Å². The summed E-state index contributed by atoms with van der Waals surface area (Å²) in [5.41, 5.74) is 1.38. The molecule has 0 spiro atoms. The molecular formula is C19H21N5OS. The molecule has 1 amide bonds. The van der Waals surface area contributed by atoms with Gasteiger partial charge in [-0.1, -0.05) is 60.3 Å². The van der Waals surface area contributed by atoms with E-state index >= 15 is 0 Å². The van der Waals surface area contributed by atoms with Gasteiger partial charge in [-0.3, -0.25) is 4.79 Å². The van der Waals surface area contributed by atoms with Crippen LogP contribution in [0.25, 0.3) is 0 Å². The molecule has 26 heavy (non-hydrogen) atoms. The Balaban J connectivity index is 1.90. The van der Waals surface area contributed by atoms with Crippen molar-refractivity contribution in [2.24, 2.45) is 0 Å². The van der Waals surface area contributed by atoms with E-state index in [2.05, 4.69) is 20.8 Å². The van der Waals surface area contributed by atoms with Gasteiger partial charge < -0.3 is 5.32 Å². The van der Waals surface area contributed by atoms with Crippen LogP contribution in [0.3, 0.4) is 0 Å². The summed E-state index contributed by atoms with van der Waals surface area (Å²) < 4.78 is 1.74. The lowest BCUT2D eigenvalue weighted by Crippen LogP contribution is -2.25. The van der Waals surface area contributed by atoms with Crippen molar-refractivity contribution in [2.75, 3.05) is 5.32 Å². The summed E-state index contributed by atoms with van der Waals surface area (Å²) in [5, 5.41) is 15.1. The zero-order valence-electron chi connectivity index (χ0n) is 15.0. The molecule has 1 atom stereocenters. The van der Waals surface area contributed by atoms with E-state index in [0.29, 0.717) is 5.16 Å². The second kappa shape index (κ2) is 7.70. The third-order valence-electron chi connectivity index (χ3n) is 3.68. The Bertz CT molecular complexity index is 858. The van der Waals surface area contributed by atoms with Crippen molar-refractivity contribution in [3.05, 3.63) is 66.2 Å². The SMILES string of the molecule is CC(C)(C)n1nnnc1SC(C(=O)Nc1ccccc1)c1ccccc1. The number of rotatable bonds is 5. The number of carbonyl (C=O) groups excluding carboxylic acids is 1. The molecule has 0 aliphatic carbocycles. The number of anilines is 1. The van der Waals surface area contributed by atoms with Gasteiger partial charge in [0.05, 0.1) is 5.54 Å². The minimum atomic E-state index is -0.469. The van der Waals surface area contributed by atoms with Gasteiger partial charge >= 0.3 is 0 Å². The average Bonchev–Trinajstić information content (AvgIpc) is 3.10. The zero-order chi connectivity index (χ0) is 18.6. The maximum atomic E-state index is 13.0. The molecule has 1 heterocycles. The second-order valence-corrected chi connectivity index (χ2v) is 7.88. The molecule has 0 saturated carbocycles. The molecule has 1 N–H and O–H groups in total. The second-order valence-electron chi connectivity index (χ2n) is 6.81. The summed E-state index contributed by atoms with van der Waals surface area (Å²) in [5.74, 6) is -0.115. The van der Waals surface area contributed by atoms with Gasteiger partial charge in [0.1, 0.15) is 5.25 Å². The van der Waals surface area contributed by atoms with Crippen molar-refractivity contribution in [3.63, 3.8) is 0 Å². The van der Waals surface area contributed by atoms with E-state index in [1.807, 2.05) is 81.4 Å². The number of carbonyl (C=O) groups is 1. The summed E-state index contributed by atoms with van der Waals surface area (Å²) in [7, 11) is 0. The minimum Gasteiger partial charge on any atom is -0.325 e. The highest BCUT2D eigenvalue weighted by molar-refractivity contribution is 8.00. The molecule has 0 saturated heterocycles. The number of hydrogen-bond donors (Lipinski definition) is 1. The van der Waals surface area contributed by atoms with Crippen molar-refractivity contribution in [2.45, 2.75) is 36.7 Å². The molecule has 2 aromatic carbocycles. The first-order valence-electron chi connectivity index (χ1n) is 8.31. The Labute approximate surface area is 157 Å². The molecule has 1 unspecified atom stereocenters. The monoisotopic (exact) mass is 367 g/mol. The predicted molar refractivity (Wildman–Crippen MR) is 103 cm³/mol. The molecule has 7 heteroatoms. The van der Waals surface area contributed by atoms with Gasteiger partial charge in [0.15, 0.2) is 0 Å². The summed E-state index contributed by atoms with van der Waals surface area (Å²) in [4.78, 5) is 13.0. The van der Waals surface area contributed by atoms with E-state index in [1.54, 1.807) is 4.68 Å². The number of tetrazole rings is 1. The summed E-state index contributed by atoms with van der Waals surface area (Å²) >= 11 is 1.34. The lowest BCUT2D eigenvalue weighted by Gasteiger charge is -2.22. The van der Waals surface area contributed by atoms with Crippen molar-refractivity contribution >= 4 is 23.4 Å². The van der Waals surface area contributed by atoms with Gasteiger partial charge in [0.2, 0.25) is 11.1 Å². The Kier molecular flexibility index (Phi) is 5.37. The van der Waals surface area contributed by atoms with Crippen LogP contribution in [0.15, 0.2) is 65.8 Å². The summed E-state index contributed by atoms with van der Waals surface area (Å²) in [6.07, 6.45) is 0. The van der Waals surface area contributed by atoms with Gasteiger partial charge in [-0.25, -0.2) is 4.68 Å². The molecule has 0 aliphatic heterocycles. The smallest absolute Gasteiger partial charge is 0.242 e. The lowest BCUT2D eigenvalue weighted by atomic mass is 10.1. The fourth-order valence-corrected chi connectivity index (χ4v) is 3.57. The number of aromatic nitrogens is 4. The number of nitrogens with zero attached hydrogens (tertiary/aromatic N) is 4. The third kappa shape index (κ3) is 4.29. The fraction of sp³-hybridized carbons (Fsp3) is 0.263. The number of thioether (sulfide) groups is 1. The molecule has 6 nitrogen and oxygen atoms in total. The normalized spacial score (nSPS) is 12.6. The lowest BCUT2D eigenvalue weighted by molar-refractivity contribution is -0.115. The van der Waals surface area contributed by atoms with Crippen LogP contribution in [-0.4, -0.2) is 26.1 Å². The Morgan fingerprint density at radius 3 is 2.27 bits per heavy atom. The molecule has 134 valence electrons. The van der Waals surface area contributed by atoms with Crippen LogP contribution in [0.5, 0.6) is 0 Å². The fourth-order valence-electron chi connectivity index (χ4n) is 2.41. The van der Waals surface area contributed by atoms with E-state index in [1.165, 1.54) is 11.8 Å². The Morgan fingerprint density at radius 2 is 1.65 bits per heavy atom. The number of amides is 1. The molecule has 0 radical (unpaired) electrons. The van der Waals surface area contributed by atoms with Crippen LogP contribution in [-0.2, 0) is 10.3 Å². The van der Waals surface area contributed by atoms with E-state index in [9.17, 15) is 4.79 Å². The molecular weight excluding hydrogens is 346 g/mol.